The molecule has 1 N–H and O–H groups in total. The minimum atomic E-state index is -1.91. The molecular formula is C26H39NO5S. The van der Waals surface area contributed by atoms with Crippen LogP contribution < -0.4 is 5.32 Å². The van der Waals surface area contributed by atoms with E-state index in [1.54, 1.807) is 13.8 Å². The van der Waals surface area contributed by atoms with Gasteiger partial charge in [0, 0.05) is 35.6 Å². The Labute approximate surface area is 202 Å². The zero-order valence-corrected chi connectivity index (χ0v) is 21.4. The molecule has 0 unspecified atom stereocenters. The first-order valence-corrected chi connectivity index (χ1v) is 13.0. The first kappa shape index (κ1) is 28.7. The number of hydrogen-bond acceptors (Lipinski definition) is 6. The normalized spacial score (nSPS) is 10.8. The molecule has 0 radical (unpaired) electrons. The van der Waals surface area contributed by atoms with E-state index in [9.17, 15) is 14.4 Å². The Hall–Kier alpha value is -2.33. The number of amides is 1. The van der Waals surface area contributed by atoms with Crippen LogP contribution in [0.4, 0.5) is 0 Å². The van der Waals surface area contributed by atoms with E-state index in [1.807, 2.05) is 11.4 Å². The molecule has 184 valence electrons. The first-order chi connectivity index (χ1) is 15.9. The Morgan fingerprint density at radius 2 is 1.52 bits per heavy atom. The molecular weight excluding hydrogens is 438 g/mol. The molecule has 7 heteroatoms. The molecule has 6 nitrogen and oxygen atoms in total. The Balaban J connectivity index is 2.75. The third-order valence-corrected chi connectivity index (χ3v) is 6.06. The van der Waals surface area contributed by atoms with Gasteiger partial charge < -0.3 is 14.8 Å². The van der Waals surface area contributed by atoms with Gasteiger partial charge in [0.15, 0.2) is 0 Å². The molecule has 0 aliphatic heterocycles. The lowest BCUT2D eigenvalue weighted by molar-refractivity contribution is -0.167. The SMILES string of the molecule is CCCCCCCCCCC#Cc1csc(CC(NC(C)=O)(C(=O)OCC)C(=O)OCC)c1. The van der Waals surface area contributed by atoms with Crippen LogP contribution >= 0.6 is 11.3 Å². The summed E-state index contributed by atoms with van der Waals surface area (Å²) in [5.41, 5.74) is -1.08. The number of esters is 2. The standard InChI is InChI=1S/C26H39NO5S/c1-5-8-9-10-11-12-13-14-15-16-17-22-18-23(33-20-22)19-26(27-21(4)28,24(29)31-6-2)25(30)32-7-3/h18,20H,5-15,19H2,1-4H3,(H,27,28). The molecule has 1 amide bonds. The lowest BCUT2D eigenvalue weighted by Crippen LogP contribution is -2.62. The average Bonchev–Trinajstić information content (AvgIpc) is 3.21. The highest BCUT2D eigenvalue weighted by atomic mass is 32.1. The summed E-state index contributed by atoms with van der Waals surface area (Å²) in [6, 6.07) is 1.85. The summed E-state index contributed by atoms with van der Waals surface area (Å²) in [7, 11) is 0. The van der Waals surface area contributed by atoms with Gasteiger partial charge in [-0.15, -0.1) is 11.3 Å². The highest BCUT2D eigenvalue weighted by Crippen LogP contribution is 2.24. The molecule has 1 aromatic heterocycles. The number of nitrogens with one attached hydrogen (secondary N) is 1. The lowest BCUT2D eigenvalue weighted by atomic mass is 9.93. The Kier molecular flexibility index (Phi) is 14.2. The number of thiophene rings is 1. The second-order valence-corrected chi connectivity index (χ2v) is 9.03. The van der Waals surface area contributed by atoms with E-state index < -0.39 is 23.4 Å². The third-order valence-electron chi connectivity index (χ3n) is 5.12. The fraction of sp³-hybridized carbons (Fsp3) is 0.654. The van der Waals surface area contributed by atoms with Crippen LogP contribution in [0.3, 0.4) is 0 Å². The highest BCUT2D eigenvalue weighted by molar-refractivity contribution is 7.10. The number of ether oxygens (including phenoxy) is 2. The lowest BCUT2D eigenvalue weighted by Gasteiger charge is -2.29. The van der Waals surface area contributed by atoms with Crippen LogP contribution in [0.15, 0.2) is 11.4 Å². The van der Waals surface area contributed by atoms with Crippen LogP contribution in [0.1, 0.15) is 95.9 Å². The minimum Gasteiger partial charge on any atom is -0.464 e. The van der Waals surface area contributed by atoms with Gasteiger partial charge in [-0.1, -0.05) is 63.7 Å². The molecule has 1 heterocycles. The molecule has 0 aliphatic carbocycles. The number of rotatable bonds is 15. The number of carbonyl (C=O) groups excluding carboxylic acids is 3. The summed E-state index contributed by atoms with van der Waals surface area (Å²) < 4.78 is 10.2. The van der Waals surface area contributed by atoms with Crippen molar-refractivity contribution in [2.24, 2.45) is 0 Å². The Morgan fingerprint density at radius 3 is 2.06 bits per heavy atom. The van der Waals surface area contributed by atoms with Gasteiger partial charge in [0.2, 0.25) is 11.4 Å². The topological polar surface area (TPSA) is 81.7 Å². The second-order valence-electron chi connectivity index (χ2n) is 8.03. The van der Waals surface area contributed by atoms with E-state index in [4.69, 9.17) is 9.47 Å². The van der Waals surface area contributed by atoms with Gasteiger partial charge in [0.05, 0.1) is 13.2 Å². The fourth-order valence-corrected chi connectivity index (χ4v) is 4.40. The molecule has 0 aliphatic rings. The summed E-state index contributed by atoms with van der Waals surface area (Å²) in [4.78, 5) is 38.1. The van der Waals surface area contributed by atoms with E-state index in [2.05, 4.69) is 24.1 Å². The third kappa shape index (κ3) is 10.4. The van der Waals surface area contributed by atoms with Crippen molar-refractivity contribution in [3.05, 3.63) is 21.9 Å². The van der Waals surface area contributed by atoms with Crippen molar-refractivity contribution in [3.8, 4) is 11.8 Å². The van der Waals surface area contributed by atoms with Gasteiger partial charge in [-0.25, -0.2) is 9.59 Å². The fourth-order valence-electron chi connectivity index (χ4n) is 3.50. The summed E-state index contributed by atoms with van der Waals surface area (Å²) in [6.07, 6.45) is 10.9. The first-order valence-electron chi connectivity index (χ1n) is 12.1. The highest BCUT2D eigenvalue weighted by Gasteiger charge is 2.50. The van der Waals surface area contributed by atoms with Crippen molar-refractivity contribution in [1.82, 2.24) is 5.32 Å². The molecule has 0 fully saturated rings. The van der Waals surface area contributed by atoms with Crippen molar-refractivity contribution in [2.75, 3.05) is 13.2 Å². The number of unbranched alkanes of at least 4 members (excludes halogenated alkanes) is 8. The molecule has 0 bridgehead atoms. The van der Waals surface area contributed by atoms with E-state index in [1.165, 1.54) is 63.2 Å². The predicted molar refractivity (Wildman–Crippen MR) is 132 cm³/mol. The van der Waals surface area contributed by atoms with Crippen LogP contribution in [0.25, 0.3) is 0 Å². The largest absolute Gasteiger partial charge is 0.464 e. The van der Waals surface area contributed by atoms with Crippen LogP contribution in [-0.4, -0.2) is 36.6 Å². The van der Waals surface area contributed by atoms with Crippen molar-refractivity contribution in [1.29, 1.82) is 0 Å². The molecule has 0 atom stereocenters. The zero-order valence-electron chi connectivity index (χ0n) is 20.6. The Morgan fingerprint density at radius 1 is 0.939 bits per heavy atom. The molecule has 1 aromatic rings. The molecule has 33 heavy (non-hydrogen) atoms. The summed E-state index contributed by atoms with van der Waals surface area (Å²) in [5.74, 6) is 4.21. The van der Waals surface area contributed by atoms with Gasteiger partial charge in [0.1, 0.15) is 0 Å². The maximum Gasteiger partial charge on any atom is 0.344 e. The summed E-state index contributed by atoms with van der Waals surface area (Å²) in [5, 5.41) is 4.38. The van der Waals surface area contributed by atoms with Gasteiger partial charge in [-0.2, -0.15) is 0 Å². The summed E-state index contributed by atoms with van der Waals surface area (Å²) >= 11 is 1.39. The Bertz CT molecular complexity index is 787. The summed E-state index contributed by atoms with van der Waals surface area (Å²) in [6.45, 7) is 6.94. The molecule has 0 aromatic carbocycles. The van der Waals surface area contributed by atoms with E-state index in [0.717, 1.165) is 23.3 Å². The van der Waals surface area contributed by atoms with Crippen molar-refractivity contribution in [3.63, 3.8) is 0 Å². The van der Waals surface area contributed by atoms with Crippen molar-refractivity contribution >= 4 is 29.2 Å². The predicted octanol–water partition coefficient (Wildman–Crippen LogP) is 5.17. The van der Waals surface area contributed by atoms with Gasteiger partial charge in [-0.3, -0.25) is 4.79 Å². The average molecular weight is 478 g/mol. The maximum atomic E-state index is 12.7. The van der Waals surface area contributed by atoms with Crippen molar-refractivity contribution in [2.45, 2.75) is 97.4 Å². The smallest absolute Gasteiger partial charge is 0.344 e. The number of hydrogen-bond donors (Lipinski definition) is 1. The van der Waals surface area contributed by atoms with Crippen LogP contribution in [0.2, 0.25) is 0 Å². The maximum absolute atomic E-state index is 12.7. The van der Waals surface area contributed by atoms with E-state index in [-0.39, 0.29) is 19.6 Å². The molecule has 0 saturated heterocycles. The van der Waals surface area contributed by atoms with Gasteiger partial charge in [-0.05, 0) is 26.3 Å². The van der Waals surface area contributed by atoms with Crippen LogP contribution in [0, 0.1) is 11.8 Å². The zero-order chi connectivity index (χ0) is 24.5. The minimum absolute atomic E-state index is 0.0470. The number of carbonyl (C=O) groups is 3. The monoisotopic (exact) mass is 477 g/mol. The molecule has 0 saturated carbocycles. The van der Waals surface area contributed by atoms with E-state index >= 15 is 0 Å². The molecule has 1 rings (SSSR count). The van der Waals surface area contributed by atoms with Crippen molar-refractivity contribution < 1.29 is 23.9 Å². The van der Waals surface area contributed by atoms with Gasteiger partial charge in [0.25, 0.3) is 0 Å². The van der Waals surface area contributed by atoms with Gasteiger partial charge >= 0.3 is 11.9 Å². The second kappa shape index (κ2) is 16.3. The quantitative estimate of drug-likeness (QED) is 0.163. The van der Waals surface area contributed by atoms with Crippen LogP contribution in [0.5, 0.6) is 0 Å². The molecule has 0 spiro atoms. The van der Waals surface area contributed by atoms with E-state index in [0.29, 0.717) is 0 Å². The van der Waals surface area contributed by atoms with Crippen LogP contribution in [-0.2, 0) is 30.3 Å².